The summed E-state index contributed by atoms with van der Waals surface area (Å²) in [5, 5.41) is 18.0. The summed E-state index contributed by atoms with van der Waals surface area (Å²) in [4.78, 5) is 14.6. The van der Waals surface area contributed by atoms with Crippen LogP contribution in [0.1, 0.15) is 12.5 Å². The van der Waals surface area contributed by atoms with Crippen molar-refractivity contribution in [1.82, 2.24) is 9.71 Å². The van der Waals surface area contributed by atoms with Crippen molar-refractivity contribution >= 4 is 16.0 Å². The first-order valence-corrected chi connectivity index (χ1v) is 7.27. The number of rotatable bonds is 7. The number of hydrogen-bond donors (Lipinski definition) is 3. The minimum absolute atomic E-state index is 0.240. The molecule has 0 saturated heterocycles. The van der Waals surface area contributed by atoms with Crippen LogP contribution in [0.15, 0.2) is 24.5 Å². The van der Waals surface area contributed by atoms with Crippen molar-refractivity contribution in [2.24, 2.45) is 0 Å². The number of aryl methyl sites for hydroxylation is 1. The zero-order valence-corrected chi connectivity index (χ0v) is 11.2. The lowest BCUT2D eigenvalue weighted by atomic mass is 10.2. The largest absolute Gasteiger partial charge is 0.480 e. The van der Waals surface area contributed by atoms with Crippen molar-refractivity contribution in [3.63, 3.8) is 0 Å². The number of carboxylic acids is 1. The second kappa shape index (κ2) is 6.60. The molecule has 2 atom stereocenters. The Morgan fingerprint density at radius 2 is 2.00 bits per heavy atom. The molecule has 8 heteroatoms. The lowest BCUT2D eigenvalue weighted by Crippen LogP contribution is -2.48. The van der Waals surface area contributed by atoms with E-state index in [9.17, 15) is 18.3 Å². The third-order valence-electron chi connectivity index (χ3n) is 2.46. The van der Waals surface area contributed by atoms with Crippen LogP contribution in [-0.4, -0.2) is 47.5 Å². The summed E-state index contributed by atoms with van der Waals surface area (Å²) in [6, 6.07) is 1.82. The number of aliphatic hydroxyl groups is 1. The second-order valence-corrected chi connectivity index (χ2v) is 5.97. The maximum absolute atomic E-state index is 11.7. The number of nitrogens with zero attached hydrogens (tertiary/aromatic N) is 1. The molecule has 7 nitrogen and oxygen atoms in total. The summed E-state index contributed by atoms with van der Waals surface area (Å²) in [6.07, 6.45) is 2.02. The molecule has 0 radical (unpaired) electrons. The van der Waals surface area contributed by atoms with Gasteiger partial charge < -0.3 is 10.2 Å². The first-order chi connectivity index (χ1) is 8.82. The van der Waals surface area contributed by atoms with Crippen molar-refractivity contribution in [1.29, 1.82) is 0 Å². The van der Waals surface area contributed by atoms with Crippen LogP contribution in [0.2, 0.25) is 0 Å². The van der Waals surface area contributed by atoms with E-state index in [0.29, 0.717) is 0 Å². The molecule has 0 aliphatic rings. The van der Waals surface area contributed by atoms with Crippen LogP contribution in [-0.2, 0) is 21.2 Å². The molecular formula is C11H16N2O5S. The molecule has 19 heavy (non-hydrogen) atoms. The van der Waals surface area contributed by atoms with Gasteiger partial charge in [-0.25, -0.2) is 8.42 Å². The fourth-order valence-electron chi connectivity index (χ4n) is 1.41. The Labute approximate surface area is 111 Å². The third kappa shape index (κ3) is 5.33. The zero-order chi connectivity index (χ0) is 14.5. The van der Waals surface area contributed by atoms with E-state index in [2.05, 4.69) is 4.98 Å². The fourth-order valence-corrected chi connectivity index (χ4v) is 2.72. The maximum atomic E-state index is 11.7. The topological polar surface area (TPSA) is 117 Å². The summed E-state index contributed by atoms with van der Waals surface area (Å²) in [7, 11) is -3.78. The van der Waals surface area contributed by atoms with E-state index in [1.54, 1.807) is 24.5 Å². The molecule has 106 valence electrons. The first-order valence-electron chi connectivity index (χ1n) is 5.61. The summed E-state index contributed by atoms with van der Waals surface area (Å²) >= 11 is 0. The number of sulfonamides is 1. The van der Waals surface area contributed by atoms with Gasteiger partial charge in [-0.15, -0.1) is 0 Å². The smallest absolute Gasteiger partial charge is 0.324 e. The van der Waals surface area contributed by atoms with Crippen molar-refractivity contribution in [3.8, 4) is 0 Å². The normalized spacial score (nSPS) is 14.8. The Hall–Kier alpha value is -1.51. The fraction of sp³-hybridized carbons (Fsp3) is 0.455. The van der Waals surface area contributed by atoms with Gasteiger partial charge in [-0.2, -0.15) is 4.72 Å². The number of carboxylic acid groups (broad SMARTS) is 1. The van der Waals surface area contributed by atoms with Crippen LogP contribution in [0, 0.1) is 0 Å². The molecule has 0 fully saturated rings. The molecule has 0 bridgehead atoms. The van der Waals surface area contributed by atoms with Gasteiger partial charge in [0.25, 0.3) is 0 Å². The predicted molar refractivity (Wildman–Crippen MR) is 68.0 cm³/mol. The SMILES string of the molecule is C[C@@H](O)[C@H](NS(=O)(=O)CCc1ccncc1)C(=O)O. The van der Waals surface area contributed by atoms with Gasteiger partial charge in [0.1, 0.15) is 6.04 Å². The first kappa shape index (κ1) is 15.5. The summed E-state index contributed by atoms with van der Waals surface area (Å²) in [5.41, 5.74) is 0.782. The molecule has 3 N–H and O–H groups in total. The van der Waals surface area contributed by atoms with E-state index in [1.807, 2.05) is 4.72 Å². The van der Waals surface area contributed by atoms with Crippen LogP contribution in [0.4, 0.5) is 0 Å². The summed E-state index contributed by atoms with van der Waals surface area (Å²) < 4.78 is 25.4. The highest BCUT2D eigenvalue weighted by Gasteiger charge is 2.27. The predicted octanol–water partition coefficient (Wildman–Crippen LogP) is -0.623. The van der Waals surface area contributed by atoms with Crippen LogP contribution in [0.5, 0.6) is 0 Å². The molecular weight excluding hydrogens is 272 g/mol. The molecule has 0 aliphatic carbocycles. The number of aliphatic carboxylic acids is 1. The third-order valence-corrected chi connectivity index (χ3v) is 3.82. The summed E-state index contributed by atoms with van der Waals surface area (Å²) in [6.45, 7) is 1.21. The average Bonchev–Trinajstić information content (AvgIpc) is 2.34. The molecule has 1 rings (SSSR count). The van der Waals surface area contributed by atoms with Gasteiger partial charge in [-0.3, -0.25) is 9.78 Å². The quantitative estimate of drug-likeness (QED) is 0.615. The van der Waals surface area contributed by atoms with Crippen molar-refractivity contribution in [2.45, 2.75) is 25.5 Å². The minimum Gasteiger partial charge on any atom is -0.480 e. The Kier molecular flexibility index (Phi) is 5.40. The minimum atomic E-state index is -3.78. The zero-order valence-electron chi connectivity index (χ0n) is 10.4. The van der Waals surface area contributed by atoms with Gasteiger partial charge in [0.05, 0.1) is 11.9 Å². The lowest BCUT2D eigenvalue weighted by Gasteiger charge is -2.17. The molecule has 1 aromatic rings. The van der Waals surface area contributed by atoms with Crippen LogP contribution in [0.25, 0.3) is 0 Å². The highest BCUT2D eigenvalue weighted by atomic mass is 32.2. The molecule has 0 aromatic carbocycles. The van der Waals surface area contributed by atoms with E-state index in [4.69, 9.17) is 5.11 Å². The molecule has 0 spiro atoms. The van der Waals surface area contributed by atoms with Gasteiger partial charge in [0.2, 0.25) is 10.0 Å². The summed E-state index contributed by atoms with van der Waals surface area (Å²) in [5.74, 6) is -1.67. The standard InChI is InChI=1S/C11H16N2O5S/c1-8(14)10(11(15)16)13-19(17,18)7-4-9-2-5-12-6-3-9/h2-3,5-6,8,10,13-14H,4,7H2,1H3,(H,15,16)/t8-,10+/m1/s1. The number of carbonyl (C=O) groups is 1. The molecule has 0 amide bonds. The molecule has 0 unspecified atom stereocenters. The van der Waals surface area contributed by atoms with Crippen molar-refractivity contribution < 1.29 is 23.4 Å². The van der Waals surface area contributed by atoms with E-state index >= 15 is 0 Å². The highest BCUT2D eigenvalue weighted by Crippen LogP contribution is 2.02. The van der Waals surface area contributed by atoms with Gasteiger partial charge in [-0.05, 0) is 31.0 Å². The van der Waals surface area contributed by atoms with E-state index < -0.39 is 28.1 Å². The Bertz CT molecular complexity index is 515. The van der Waals surface area contributed by atoms with Gasteiger partial charge >= 0.3 is 5.97 Å². The molecule has 1 aromatic heterocycles. The Balaban J connectivity index is 2.64. The number of aliphatic hydroxyl groups excluding tert-OH is 1. The number of aromatic nitrogens is 1. The molecule has 1 heterocycles. The van der Waals surface area contributed by atoms with Crippen LogP contribution in [0.3, 0.4) is 0 Å². The van der Waals surface area contributed by atoms with E-state index in [0.717, 1.165) is 5.56 Å². The highest BCUT2D eigenvalue weighted by molar-refractivity contribution is 7.89. The molecule has 0 saturated carbocycles. The number of nitrogens with one attached hydrogen (secondary N) is 1. The Morgan fingerprint density at radius 3 is 2.47 bits per heavy atom. The van der Waals surface area contributed by atoms with Crippen molar-refractivity contribution in [3.05, 3.63) is 30.1 Å². The number of pyridine rings is 1. The monoisotopic (exact) mass is 288 g/mol. The van der Waals surface area contributed by atoms with E-state index in [1.165, 1.54) is 6.92 Å². The van der Waals surface area contributed by atoms with Gasteiger partial charge in [0, 0.05) is 12.4 Å². The maximum Gasteiger partial charge on any atom is 0.324 e. The lowest BCUT2D eigenvalue weighted by molar-refractivity contribution is -0.141. The van der Waals surface area contributed by atoms with Gasteiger partial charge in [-0.1, -0.05) is 0 Å². The second-order valence-electron chi connectivity index (χ2n) is 4.10. The Morgan fingerprint density at radius 1 is 1.42 bits per heavy atom. The average molecular weight is 288 g/mol. The van der Waals surface area contributed by atoms with Crippen LogP contribution >= 0.6 is 0 Å². The van der Waals surface area contributed by atoms with Gasteiger partial charge in [0.15, 0.2) is 0 Å². The number of hydrogen-bond acceptors (Lipinski definition) is 5. The van der Waals surface area contributed by atoms with E-state index in [-0.39, 0.29) is 12.2 Å². The molecule has 0 aliphatic heterocycles. The van der Waals surface area contributed by atoms with Crippen molar-refractivity contribution in [2.75, 3.05) is 5.75 Å². The van der Waals surface area contributed by atoms with Crippen LogP contribution < -0.4 is 4.72 Å².